The van der Waals surface area contributed by atoms with Crippen molar-refractivity contribution in [1.29, 1.82) is 0 Å². The lowest BCUT2D eigenvalue weighted by Crippen LogP contribution is -2.33. The number of hydrogen-bond donors (Lipinski definition) is 1. The number of benzene rings is 1. The van der Waals surface area contributed by atoms with E-state index in [1.165, 1.54) is 4.57 Å². The SMILES string of the molecule is CCN(C(=O)c1cccn1CC(=O)O)c1ccccc1C. The Balaban J connectivity index is 2.36. The number of anilines is 1. The molecule has 0 saturated carbocycles. The second-order valence-corrected chi connectivity index (χ2v) is 4.75. The summed E-state index contributed by atoms with van der Waals surface area (Å²) in [6.45, 7) is 4.14. The number of amides is 1. The molecule has 0 spiro atoms. The smallest absolute Gasteiger partial charge is 0.323 e. The van der Waals surface area contributed by atoms with E-state index in [9.17, 15) is 9.59 Å². The Labute approximate surface area is 123 Å². The molecule has 0 bridgehead atoms. The first-order valence-electron chi connectivity index (χ1n) is 6.79. The number of carboxylic acid groups (broad SMARTS) is 1. The van der Waals surface area contributed by atoms with Crippen molar-refractivity contribution < 1.29 is 14.7 Å². The maximum atomic E-state index is 12.7. The third-order valence-corrected chi connectivity index (χ3v) is 3.32. The number of hydrogen-bond acceptors (Lipinski definition) is 2. The minimum absolute atomic E-state index is 0.196. The number of nitrogens with zero attached hydrogens (tertiary/aromatic N) is 2. The van der Waals surface area contributed by atoms with E-state index in [0.29, 0.717) is 12.2 Å². The van der Waals surface area contributed by atoms with Crippen LogP contribution in [0.2, 0.25) is 0 Å². The highest BCUT2D eigenvalue weighted by Gasteiger charge is 2.20. The van der Waals surface area contributed by atoms with E-state index >= 15 is 0 Å². The summed E-state index contributed by atoms with van der Waals surface area (Å²) >= 11 is 0. The van der Waals surface area contributed by atoms with E-state index in [4.69, 9.17) is 5.11 Å². The van der Waals surface area contributed by atoms with Gasteiger partial charge in [-0.25, -0.2) is 0 Å². The number of aryl methyl sites for hydroxylation is 1. The van der Waals surface area contributed by atoms with E-state index in [1.54, 1.807) is 23.2 Å². The molecule has 2 aromatic rings. The molecule has 0 aliphatic heterocycles. The van der Waals surface area contributed by atoms with Gasteiger partial charge in [0.15, 0.2) is 0 Å². The molecule has 110 valence electrons. The van der Waals surface area contributed by atoms with Gasteiger partial charge in [-0.05, 0) is 37.6 Å². The second-order valence-electron chi connectivity index (χ2n) is 4.75. The van der Waals surface area contributed by atoms with Gasteiger partial charge in [0.25, 0.3) is 5.91 Å². The molecule has 2 rings (SSSR count). The average Bonchev–Trinajstić information content (AvgIpc) is 2.88. The fraction of sp³-hybridized carbons (Fsp3) is 0.250. The van der Waals surface area contributed by atoms with E-state index in [2.05, 4.69) is 0 Å². The predicted molar refractivity (Wildman–Crippen MR) is 80.6 cm³/mol. The van der Waals surface area contributed by atoms with Crippen molar-refractivity contribution >= 4 is 17.6 Å². The number of aliphatic carboxylic acids is 1. The zero-order valence-electron chi connectivity index (χ0n) is 12.1. The summed E-state index contributed by atoms with van der Waals surface area (Å²) < 4.78 is 1.45. The van der Waals surface area contributed by atoms with E-state index in [1.807, 2.05) is 38.1 Å². The second kappa shape index (κ2) is 6.26. The van der Waals surface area contributed by atoms with Crippen LogP contribution in [0.1, 0.15) is 23.0 Å². The van der Waals surface area contributed by atoms with Gasteiger partial charge in [0.05, 0.1) is 0 Å². The van der Waals surface area contributed by atoms with Crippen LogP contribution in [-0.4, -0.2) is 28.1 Å². The zero-order valence-corrected chi connectivity index (χ0v) is 12.1. The number of rotatable bonds is 5. The molecule has 0 radical (unpaired) electrons. The van der Waals surface area contributed by atoms with Gasteiger partial charge in [-0.1, -0.05) is 18.2 Å². The molecule has 0 atom stereocenters. The van der Waals surface area contributed by atoms with Gasteiger partial charge in [-0.3, -0.25) is 9.59 Å². The number of aromatic nitrogens is 1. The van der Waals surface area contributed by atoms with E-state index in [-0.39, 0.29) is 12.5 Å². The molecule has 1 N–H and O–H groups in total. The number of carbonyl (C=O) groups excluding carboxylic acids is 1. The third-order valence-electron chi connectivity index (χ3n) is 3.32. The van der Waals surface area contributed by atoms with Gasteiger partial charge in [0.2, 0.25) is 0 Å². The molecule has 0 fully saturated rings. The van der Waals surface area contributed by atoms with Crippen molar-refractivity contribution in [3.05, 3.63) is 53.9 Å². The topological polar surface area (TPSA) is 62.5 Å². The Morgan fingerprint density at radius 3 is 2.52 bits per heavy atom. The van der Waals surface area contributed by atoms with Crippen LogP contribution in [-0.2, 0) is 11.3 Å². The zero-order chi connectivity index (χ0) is 15.4. The van der Waals surface area contributed by atoms with Gasteiger partial charge < -0.3 is 14.6 Å². The Bertz CT molecular complexity index is 661. The van der Waals surface area contributed by atoms with Crippen LogP contribution in [0, 0.1) is 6.92 Å². The fourth-order valence-corrected chi connectivity index (χ4v) is 2.32. The van der Waals surface area contributed by atoms with Gasteiger partial charge in [0.1, 0.15) is 12.2 Å². The van der Waals surface area contributed by atoms with Crippen LogP contribution in [0.15, 0.2) is 42.6 Å². The number of para-hydroxylation sites is 1. The molecule has 0 aliphatic carbocycles. The first kappa shape index (κ1) is 14.8. The van der Waals surface area contributed by atoms with Crippen molar-refractivity contribution in [2.24, 2.45) is 0 Å². The molecule has 1 amide bonds. The van der Waals surface area contributed by atoms with Crippen molar-refractivity contribution in [1.82, 2.24) is 4.57 Å². The Kier molecular flexibility index (Phi) is 4.42. The molecular weight excluding hydrogens is 268 g/mol. The lowest BCUT2D eigenvalue weighted by molar-refractivity contribution is -0.137. The van der Waals surface area contributed by atoms with Crippen molar-refractivity contribution in [3.8, 4) is 0 Å². The summed E-state index contributed by atoms with van der Waals surface area (Å²) in [4.78, 5) is 25.2. The largest absolute Gasteiger partial charge is 0.480 e. The van der Waals surface area contributed by atoms with E-state index < -0.39 is 5.97 Å². The van der Waals surface area contributed by atoms with Crippen molar-refractivity contribution in [3.63, 3.8) is 0 Å². The first-order chi connectivity index (χ1) is 10.0. The van der Waals surface area contributed by atoms with Crippen LogP contribution in [0.4, 0.5) is 5.69 Å². The highest BCUT2D eigenvalue weighted by molar-refractivity contribution is 6.05. The summed E-state index contributed by atoms with van der Waals surface area (Å²) in [5.74, 6) is -1.17. The van der Waals surface area contributed by atoms with Gasteiger partial charge in [0, 0.05) is 18.4 Å². The Morgan fingerprint density at radius 2 is 1.90 bits per heavy atom. The molecule has 21 heavy (non-hydrogen) atoms. The Hall–Kier alpha value is -2.56. The monoisotopic (exact) mass is 286 g/mol. The first-order valence-corrected chi connectivity index (χ1v) is 6.79. The maximum Gasteiger partial charge on any atom is 0.323 e. The van der Waals surface area contributed by atoms with E-state index in [0.717, 1.165) is 11.3 Å². The summed E-state index contributed by atoms with van der Waals surface area (Å²) in [7, 11) is 0. The average molecular weight is 286 g/mol. The van der Waals surface area contributed by atoms with Crippen LogP contribution in [0.5, 0.6) is 0 Å². The van der Waals surface area contributed by atoms with Crippen LogP contribution >= 0.6 is 0 Å². The van der Waals surface area contributed by atoms with Crippen LogP contribution < -0.4 is 4.90 Å². The normalized spacial score (nSPS) is 10.4. The minimum atomic E-state index is -0.973. The Morgan fingerprint density at radius 1 is 1.19 bits per heavy atom. The highest BCUT2D eigenvalue weighted by Crippen LogP contribution is 2.21. The number of carboxylic acids is 1. The van der Waals surface area contributed by atoms with Gasteiger partial charge >= 0.3 is 5.97 Å². The highest BCUT2D eigenvalue weighted by atomic mass is 16.4. The van der Waals surface area contributed by atoms with Crippen molar-refractivity contribution in [2.75, 3.05) is 11.4 Å². The molecule has 5 nitrogen and oxygen atoms in total. The number of carbonyl (C=O) groups is 2. The maximum absolute atomic E-state index is 12.7. The molecule has 0 aliphatic rings. The summed E-state index contributed by atoms with van der Waals surface area (Å²) in [5.41, 5.74) is 2.22. The van der Waals surface area contributed by atoms with Gasteiger partial charge in [-0.15, -0.1) is 0 Å². The molecule has 1 aromatic carbocycles. The quantitative estimate of drug-likeness (QED) is 0.918. The summed E-state index contributed by atoms with van der Waals surface area (Å²) in [6, 6.07) is 11.0. The molecule has 0 unspecified atom stereocenters. The van der Waals surface area contributed by atoms with Crippen molar-refractivity contribution in [2.45, 2.75) is 20.4 Å². The van der Waals surface area contributed by atoms with Crippen LogP contribution in [0.3, 0.4) is 0 Å². The molecule has 1 aromatic heterocycles. The lowest BCUT2D eigenvalue weighted by Gasteiger charge is -2.23. The van der Waals surface area contributed by atoms with Gasteiger partial charge in [-0.2, -0.15) is 0 Å². The predicted octanol–water partition coefficient (Wildman–Crippen LogP) is 2.55. The standard InChI is InChI=1S/C16H18N2O3/c1-3-18(13-8-5-4-7-12(13)2)16(21)14-9-6-10-17(14)11-15(19)20/h4-10H,3,11H2,1-2H3,(H,19,20). The fourth-order valence-electron chi connectivity index (χ4n) is 2.32. The molecule has 5 heteroatoms. The molecule has 0 saturated heterocycles. The molecular formula is C16H18N2O3. The lowest BCUT2D eigenvalue weighted by atomic mass is 10.1. The molecule has 1 heterocycles. The third kappa shape index (κ3) is 3.13. The minimum Gasteiger partial charge on any atom is -0.480 e. The van der Waals surface area contributed by atoms with Crippen LogP contribution in [0.25, 0.3) is 0 Å². The summed E-state index contributed by atoms with van der Waals surface area (Å²) in [6.07, 6.45) is 1.60. The summed E-state index contributed by atoms with van der Waals surface area (Å²) in [5, 5.41) is 8.90.